The molecule has 9 nitrogen and oxygen atoms in total. The Morgan fingerprint density at radius 2 is 1.91 bits per heavy atom. The van der Waals surface area contributed by atoms with E-state index in [1.807, 2.05) is 13.8 Å². The summed E-state index contributed by atoms with van der Waals surface area (Å²) in [5.41, 5.74) is 6.44. The van der Waals surface area contributed by atoms with Crippen molar-refractivity contribution in [3.8, 4) is 11.6 Å². The molecule has 2 aromatic heterocycles. The highest BCUT2D eigenvalue weighted by Gasteiger charge is 2.39. The number of rotatable bonds is 6. The SMILES string of the molecule is CC(C)c1cc(Oc2ccnc(N)n2)ccc1N1C(=O)CN(c2cncc(C(F)F)c2)C1=O. The number of hydrogen-bond acceptors (Lipinski definition) is 7. The average Bonchev–Trinajstić information content (AvgIpc) is 3.07. The molecule has 11 heteroatoms. The molecular weight excluding hydrogens is 434 g/mol. The summed E-state index contributed by atoms with van der Waals surface area (Å²) >= 11 is 0. The molecule has 1 aliphatic rings. The molecule has 0 radical (unpaired) electrons. The second-order valence-corrected chi connectivity index (χ2v) is 7.61. The van der Waals surface area contributed by atoms with Crippen LogP contribution in [0.3, 0.4) is 0 Å². The number of halogens is 2. The van der Waals surface area contributed by atoms with E-state index in [1.165, 1.54) is 12.4 Å². The van der Waals surface area contributed by atoms with Gasteiger partial charge in [0.2, 0.25) is 11.8 Å². The molecule has 3 aromatic rings. The van der Waals surface area contributed by atoms with Gasteiger partial charge in [-0.2, -0.15) is 4.98 Å². The number of imide groups is 1. The highest BCUT2D eigenvalue weighted by atomic mass is 19.3. The molecule has 0 aliphatic carbocycles. The van der Waals surface area contributed by atoms with Gasteiger partial charge in [-0.3, -0.25) is 14.7 Å². The van der Waals surface area contributed by atoms with E-state index >= 15 is 0 Å². The lowest BCUT2D eigenvalue weighted by atomic mass is 10.00. The number of urea groups is 1. The third-order valence-electron chi connectivity index (χ3n) is 5.01. The summed E-state index contributed by atoms with van der Waals surface area (Å²) < 4.78 is 31.9. The smallest absolute Gasteiger partial charge is 0.336 e. The van der Waals surface area contributed by atoms with Crippen LogP contribution in [0, 0.1) is 0 Å². The van der Waals surface area contributed by atoms with E-state index < -0.39 is 18.4 Å². The maximum Gasteiger partial charge on any atom is 0.336 e. The number of anilines is 3. The second-order valence-electron chi connectivity index (χ2n) is 7.61. The first-order valence-electron chi connectivity index (χ1n) is 10.0. The number of alkyl halides is 2. The van der Waals surface area contributed by atoms with Crippen LogP contribution >= 0.6 is 0 Å². The molecule has 2 N–H and O–H groups in total. The van der Waals surface area contributed by atoms with Gasteiger partial charge in [-0.1, -0.05) is 13.8 Å². The van der Waals surface area contributed by atoms with E-state index in [0.717, 1.165) is 22.1 Å². The molecule has 170 valence electrons. The molecular formula is C22H20F2N6O3. The van der Waals surface area contributed by atoms with Gasteiger partial charge in [0.25, 0.3) is 12.3 Å². The number of carbonyl (C=O) groups excluding carboxylic acids is 2. The highest BCUT2D eigenvalue weighted by Crippen LogP contribution is 2.36. The van der Waals surface area contributed by atoms with E-state index in [4.69, 9.17) is 10.5 Å². The van der Waals surface area contributed by atoms with Crippen molar-refractivity contribution in [3.05, 3.63) is 60.0 Å². The van der Waals surface area contributed by atoms with Gasteiger partial charge >= 0.3 is 6.03 Å². The molecule has 3 heterocycles. The van der Waals surface area contributed by atoms with Crippen molar-refractivity contribution in [1.29, 1.82) is 0 Å². The quantitative estimate of drug-likeness (QED) is 0.553. The van der Waals surface area contributed by atoms with Crippen LogP contribution in [0.2, 0.25) is 0 Å². The zero-order valence-electron chi connectivity index (χ0n) is 17.8. The molecule has 3 amide bonds. The predicted molar refractivity (Wildman–Crippen MR) is 116 cm³/mol. The maximum atomic E-state index is 13.1. The van der Waals surface area contributed by atoms with Crippen molar-refractivity contribution in [1.82, 2.24) is 15.0 Å². The van der Waals surface area contributed by atoms with Crippen molar-refractivity contribution in [3.63, 3.8) is 0 Å². The molecule has 1 aromatic carbocycles. The van der Waals surface area contributed by atoms with Crippen molar-refractivity contribution >= 4 is 29.3 Å². The number of nitrogens with two attached hydrogens (primary N) is 1. The van der Waals surface area contributed by atoms with E-state index in [-0.39, 0.29) is 35.5 Å². The third kappa shape index (κ3) is 4.43. The second kappa shape index (κ2) is 8.77. The van der Waals surface area contributed by atoms with E-state index in [0.29, 0.717) is 17.0 Å². The van der Waals surface area contributed by atoms with Crippen LogP contribution in [0.5, 0.6) is 11.6 Å². The zero-order valence-corrected chi connectivity index (χ0v) is 17.8. The zero-order chi connectivity index (χ0) is 23.7. The normalized spacial score (nSPS) is 14.0. The first-order chi connectivity index (χ1) is 15.7. The lowest BCUT2D eigenvalue weighted by Gasteiger charge is -2.22. The number of benzene rings is 1. The third-order valence-corrected chi connectivity index (χ3v) is 5.01. The minimum Gasteiger partial charge on any atom is -0.439 e. The van der Waals surface area contributed by atoms with Gasteiger partial charge in [-0.15, -0.1) is 0 Å². The molecule has 0 atom stereocenters. The fourth-order valence-electron chi connectivity index (χ4n) is 3.45. The Hall–Kier alpha value is -4.15. The van der Waals surface area contributed by atoms with Crippen LogP contribution in [0.4, 0.5) is 30.9 Å². The van der Waals surface area contributed by atoms with Crippen LogP contribution in [-0.4, -0.2) is 33.4 Å². The molecule has 0 bridgehead atoms. The summed E-state index contributed by atoms with van der Waals surface area (Å²) in [6.07, 6.45) is 1.01. The molecule has 1 aliphatic heterocycles. The van der Waals surface area contributed by atoms with E-state index in [2.05, 4.69) is 15.0 Å². The van der Waals surface area contributed by atoms with Crippen molar-refractivity contribution < 1.29 is 23.1 Å². The van der Waals surface area contributed by atoms with Crippen molar-refractivity contribution in [2.45, 2.75) is 26.2 Å². The number of amides is 3. The topological polar surface area (TPSA) is 115 Å². The molecule has 0 spiro atoms. The first-order valence-corrected chi connectivity index (χ1v) is 10.0. The van der Waals surface area contributed by atoms with Gasteiger partial charge in [-0.05, 0) is 35.7 Å². The lowest BCUT2D eigenvalue weighted by molar-refractivity contribution is -0.115. The molecule has 0 saturated carbocycles. The molecule has 0 unspecified atom stereocenters. The number of pyridine rings is 1. The van der Waals surface area contributed by atoms with Gasteiger partial charge < -0.3 is 10.5 Å². The Bertz CT molecular complexity index is 1220. The minimum absolute atomic E-state index is 0.0620. The van der Waals surface area contributed by atoms with Crippen molar-refractivity contribution in [2.24, 2.45) is 0 Å². The summed E-state index contributed by atoms with van der Waals surface area (Å²) in [6, 6.07) is 6.96. The number of ether oxygens (including phenoxy) is 1. The summed E-state index contributed by atoms with van der Waals surface area (Å²) in [6.45, 7) is 3.53. The van der Waals surface area contributed by atoms with Crippen molar-refractivity contribution in [2.75, 3.05) is 22.1 Å². The summed E-state index contributed by atoms with van der Waals surface area (Å²) in [4.78, 5) is 39.7. The lowest BCUT2D eigenvalue weighted by Crippen LogP contribution is -2.33. The van der Waals surface area contributed by atoms with E-state index in [9.17, 15) is 18.4 Å². The summed E-state index contributed by atoms with van der Waals surface area (Å²) in [7, 11) is 0. The Balaban J connectivity index is 1.65. The molecule has 4 rings (SSSR count). The maximum absolute atomic E-state index is 13.1. The Labute approximate surface area is 187 Å². The Kier molecular flexibility index (Phi) is 5.86. The minimum atomic E-state index is -2.74. The van der Waals surface area contributed by atoms with Crippen LogP contribution in [0.15, 0.2) is 48.9 Å². The number of aromatic nitrogens is 3. The number of nitrogen functional groups attached to an aromatic ring is 1. The highest BCUT2D eigenvalue weighted by molar-refractivity contribution is 6.27. The standard InChI is InChI=1S/C22H20F2N6O3/c1-12(2)16-8-15(33-18-5-6-27-21(25)28-18)3-4-17(16)30-19(31)11-29(22(30)32)14-7-13(20(23)24)9-26-10-14/h3-10,12,20H,11H2,1-2H3,(H2,25,27,28). The fraction of sp³-hybridized carbons (Fsp3) is 0.227. The Morgan fingerprint density at radius 3 is 2.61 bits per heavy atom. The number of hydrogen-bond donors (Lipinski definition) is 1. The molecule has 33 heavy (non-hydrogen) atoms. The first kappa shape index (κ1) is 22.1. The Morgan fingerprint density at radius 1 is 1.12 bits per heavy atom. The monoisotopic (exact) mass is 454 g/mol. The van der Waals surface area contributed by atoms with Gasteiger partial charge in [0.15, 0.2) is 0 Å². The van der Waals surface area contributed by atoms with Gasteiger partial charge in [0.05, 0.1) is 17.6 Å². The fourth-order valence-corrected chi connectivity index (χ4v) is 3.45. The predicted octanol–water partition coefficient (Wildman–Crippen LogP) is 4.28. The van der Waals surface area contributed by atoms with Crippen LogP contribution in [0.25, 0.3) is 0 Å². The largest absolute Gasteiger partial charge is 0.439 e. The van der Waals surface area contributed by atoms with Crippen LogP contribution in [-0.2, 0) is 4.79 Å². The van der Waals surface area contributed by atoms with Gasteiger partial charge in [0, 0.05) is 24.0 Å². The number of nitrogens with zero attached hydrogens (tertiary/aromatic N) is 5. The molecule has 1 fully saturated rings. The number of carbonyl (C=O) groups is 2. The molecule has 1 saturated heterocycles. The van der Waals surface area contributed by atoms with Gasteiger partial charge in [0.1, 0.15) is 12.3 Å². The van der Waals surface area contributed by atoms with E-state index in [1.54, 1.807) is 24.3 Å². The summed E-state index contributed by atoms with van der Waals surface area (Å²) in [5, 5.41) is 0. The van der Waals surface area contributed by atoms with Crippen LogP contribution in [0.1, 0.15) is 37.3 Å². The van der Waals surface area contributed by atoms with Crippen LogP contribution < -0.4 is 20.3 Å². The average molecular weight is 454 g/mol. The van der Waals surface area contributed by atoms with Gasteiger partial charge in [-0.25, -0.2) is 23.5 Å². The summed E-state index contributed by atoms with van der Waals surface area (Å²) in [5.74, 6) is 0.187.